The van der Waals surface area contributed by atoms with Crippen LogP contribution in [0.2, 0.25) is 0 Å². The van der Waals surface area contributed by atoms with Gasteiger partial charge in [-0.1, -0.05) is 17.6 Å². The summed E-state index contributed by atoms with van der Waals surface area (Å²) in [5.41, 5.74) is 0.556. The number of nitriles is 1. The van der Waals surface area contributed by atoms with Gasteiger partial charge >= 0.3 is 0 Å². The molecule has 1 N–H and O–H groups in total. The molecule has 0 bridgehead atoms. The maximum absolute atomic E-state index is 11.8. The summed E-state index contributed by atoms with van der Waals surface area (Å²) in [5, 5.41) is 17.5. The molecule has 0 spiro atoms. The number of hydrogen-bond acceptors (Lipinski definition) is 7. The van der Waals surface area contributed by atoms with Crippen LogP contribution in [-0.2, 0) is 11.2 Å². The second-order valence-electron chi connectivity index (χ2n) is 6.07. The van der Waals surface area contributed by atoms with Crippen LogP contribution in [0.3, 0.4) is 0 Å². The van der Waals surface area contributed by atoms with Crippen LogP contribution in [-0.4, -0.2) is 29.2 Å². The van der Waals surface area contributed by atoms with Crippen molar-refractivity contribution in [2.24, 2.45) is 0 Å². The number of benzene rings is 1. The first-order chi connectivity index (χ1) is 13.7. The fraction of sp³-hybridized carbons (Fsp3) is 0.300. The molecule has 0 aliphatic heterocycles. The number of ether oxygens (including phenoxy) is 1. The Labute approximate surface area is 167 Å². The van der Waals surface area contributed by atoms with Crippen LogP contribution in [0.4, 0.5) is 0 Å². The van der Waals surface area contributed by atoms with Crippen molar-refractivity contribution in [3.05, 3.63) is 53.2 Å². The van der Waals surface area contributed by atoms with E-state index in [1.54, 1.807) is 35.6 Å². The van der Waals surface area contributed by atoms with E-state index < -0.39 is 0 Å². The minimum Gasteiger partial charge on any atom is -0.484 e. The predicted molar refractivity (Wildman–Crippen MR) is 105 cm³/mol. The molecule has 0 atom stereocenters. The van der Waals surface area contributed by atoms with E-state index >= 15 is 0 Å². The molecule has 0 aliphatic carbocycles. The van der Waals surface area contributed by atoms with E-state index in [1.165, 1.54) is 0 Å². The molecule has 8 heteroatoms. The van der Waals surface area contributed by atoms with Gasteiger partial charge in [-0.3, -0.25) is 4.79 Å². The Morgan fingerprint density at radius 1 is 1.21 bits per heavy atom. The van der Waals surface area contributed by atoms with Gasteiger partial charge in [0.05, 0.1) is 16.5 Å². The lowest BCUT2D eigenvalue weighted by atomic mass is 10.2. The number of carbonyl (C=O) groups excluding carboxylic acids is 1. The number of nitrogens with one attached hydrogen (secondary N) is 1. The molecular formula is C20H20N4O3S. The molecule has 0 radical (unpaired) electrons. The summed E-state index contributed by atoms with van der Waals surface area (Å²) in [4.78, 5) is 17.2. The van der Waals surface area contributed by atoms with Gasteiger partial charge in [0.15, 0.2) is 6.61 Å². The largest absolute Gasteiger partial charge is 0.484 e. The molecule has 0 saturated heterocycles. The fourth-order valence-corrected chi connectivity index (χ4v) is 3.14. The SMILES string of the molecule is N#Cc1ccc(OCC(=O)NCCCCCc2nc(-c3cccs3)no2)cc1. The Kier molecular flexibility index (Phi) is 7.15. The van der Waals surface area contributed by atoms with Gasteiger partial charge < -0.3 is 14.6 Å². The van der Waals surface area contributed by atoms with E-state index in [0.29, 0.717) is 29.6 Å². The first-order valence-corrected chi connectivity index (χ1v) is 9.88. The average molecular weight is 396 g/mol. The quantitative estimate of drug-likeness (QED) is 0.526. The Morgan fingerprint density at radius 2 is 2.07 bits per heavy atom. The van der Waals surface area contributed by atoms with E-state index in [9.17, 15) is 4.79 Å². The summed E-state index contributed by atoms with van der Waals surface area (Å²) < 4.78 is 10.7. The van der Waals surface area contributed by atoms with Gasteiger partial charge in [0.1, 0.15) is 5.75 Å². The molecule has 1 amide bonds. The molecule has 7 nitrogen and oxygen atoms in total. The van der Waals surface area contributed by atoms with Crippen molar-refractivity contribution in [1.29, 1.82) is 5.26 Å². The highest BCUT2D eigenvalue weighted by atomic mass is 32.1. The number of unbranched alkanes of at least 4 members (excludes halogenated alkanes) is 2. The van der Waals surface area contributed by atoms with Crippen LogP contribution >= 0.6 is 11.3 Å². The topological polar surface area (TPSA) is 101 Å². The number of carbonyl (C=O) groups is 1. The maximum Gasteiger partial charge on any atom is 0.257 e. The fourth-order valence-electron chi connectivity index (χ4n) is 2.49. The first-order valence-electron chi connectivity index (χ1n) is 9.01. The Hall–Kier alpha value is -3.18. The average Bonchev–Trinajstić information content (AvgIpc) is 3.41. The smallest absolute Gasteiger partial charge is 0.257 e. The Morgan fingerprint density at radius 3 is 2.82 bits per heavy atom. The Balaban J connectivity index is 1.25. The lowest BCUT2D eigenvalue weighted by Gasteiger charge is -2.07. The summed E-state index contributed by atoms with van der Waals surface area (Å²) in [5.74, 6) is 1.68. The summed E-state index contributed by atoms with van der Waals surface area (Å²) in [6.45, 7) is 0.555. The molecule has 144 valence electrons. The van der Waals surface area contributed by atoms with E-state index in [4.69, 9.17) is 14.5 Å². The van der Waals surface area contributed by atoms with Crippen LogP contribution < -0.4 is 10.1 Å². The van der Waals surface area contributed by atoms with Crippen LogP contribution in [0.15, 0.2) is 46.3 Å². The van der Waals surface area contributed by atoms with Gasteiger partial charge in [-0.25, -0.2) is 0 Å². The van der Waals surface area contributed by atoms with Crippen molar-refractivity contribution in [3.63, 3.8) is 0 Å². The van der Waals surface area contributed by atoms with Crippen molar-refractivity contribution >= 4 is 17.2 Å². The van der Waals surface area contributed by atoms with Gasteiger partial charge in [-0.15, -0.1) is 11.3 Å². The lowest BCUT2D eigenvalue weighted by molar-refractivity contribution is -0.123. The molecule has 28 heavy (non-hydrogen) atoms. The second kappa shape index (κ2) is 10.2. The number of nitrogens with zero attached hydrogens (tertiary/aromatic N) is 3. The number of aromatic nitrogens is 2. The minimum absolute atomic E-state index is 0.0423. The third-order valence-electron chi connectivity index (χ3n) is 3.95. The molecule has 3 aromatic rings. The number of aryl methyl sites for hydroxylation is 1. The monoisotopic (exact) mass is 396 g/mol. The zero-order valence-electron chi connectivity index (χ0n) is 15.3. The number of rotatable bonds is 10. The van der Waals surface area contributed by atoms with Crippen molar-refractivity contribution in [2.45, 2.75) is 25.7 Å². The molecular weight excluding hydrogens is 376 g/mol. The molecule has 0 fully saturated rings. The van der Waals surface area contributed by atoms with Crippen molar-refractivity contribution in [2.75, 3.05) is 13.2 Å². The highest BCUT2D eigenvalue weighted by Crippen LogP contribution is 2.21. The predicted octanol–water partition coefficient (Wildman–Crippen LogP) is 3.58. The van der Waals surface area contributed by atoms with Crippen LogP contribution in [0.25, 0.3) is 10.7 Å². The van der Waals surface area contributed by atoms with Gasteiger partial charge in [0.25, 0.3) is 5.91 Å². The van der Waals surface area contributed by atoms with Crippen molar-refractivity contribution in [1.82, 2.24) is 15.5 Å². The first kappa shape index (κ1) is 19.6. The third kappa shape index (κ3) is 5.93. The van der Waals surface area contributed by atoms with Crippen molar-refractivity contribution < 1.29 is 14.1 Å². The van der Waals surface area contributed by atoms with E-state index in [0.717, 1.165) is 30.6 Å². The molecule has 0 unspecified atom stereocenters. The molecule has 2 heterocycles. The maximum atomic E-state index is 11.8. The zero-order valence-corrected chi connectivity index (χ0v) is 16.1. The normalized spacial score (nSPS) is 10.4. The summed E-state index contributed by atoms with van der Waals surface area (Å²) in [6.07, 6.45) is 3.47. The molecule has 2 aromatic heterocycles. The number of thiophene rings is 1. The van der Waals surface area contributed by atoms with Gasteiger partial charge in [-0.05, 0) is 48.6 Å². The van der Waals surface area contributed by atoms with E-state index in [1.807, 2.05) is 23.6 Å². The second-order valence-corrected chi connectivity index (χ2v) is 7.02. The van der Waals surface area contributed by atoms with Gasteiger partial charge in [-0.2, -0.15) is 10.2 Å². The standard InChI is InChI=1S/C20H20N4O3S/c21-13-15-7-9-16(10-8-15)26-14-18(25)22-11-3-1-2-6-19-23-20(24-27-19)17-5-4-12-28-17/h4-5,7-10,12H,1-3,6,11,14H2,(H,22,25). The van der Waals surface area contributed by atoms with Crippen molar-refractivity contribution in [3.8, 4) is 22.5 Å². The zero-order chi connectivity index (χ0) is 19.6. The third-order valence-corrected chi connectivity index (χ3v) is 4.82. The van der Waals surface area contributed by atoms with Crippen LogP contribution in [0.5, 0.6) is 5.75 Å². The molecule has 0 aliphatic rings. The van der Waals surface area contributed by atoms with E-state index in [2.05, 4.69) is 15.5 Å². The minimum atomic E-state index is -0.165. The van der Waals surface area contributed by atoms with Crippen LogP contribution in [0, 0.1) is 11.3 Å². The van der Waals surface area contributed by atoms with E-state index in [-0.39, 0.29) is 12.5 Å². The highest BCUT2D eigenvalue weighted by molar-refractivity contribution is 7.13. The molecule has 3 rings (SSSR count). The summed E-state index contributed by atoms with van der Waals surface area (Å²) in [7, 11) is 0. The molecule has 1 aromatic carbocycles. The number of hydrogen-bond donors (Lipinski definition) is 1. The number of amides is 1. The molecule has 0 saturated carbocycles. The van der Waals surface area contributed by atoms with Crippen LogP contribution in [0.1, 0.15) is 30.7 Å². The lowest BCUT2D eigenvalue weighted by Crippen LogP contribution is -2.29. The van der Waals surface area contributed by atoms with Gasteiger partial charge in [0, 0.05) is 13.0 Å². The van der Waals surface area contributed by atoms with Gasteiger partial charge in [0.2, 0.25) is 11.7 Å². The summed E-state index contributed by atoms with van der Waals surface area (Å²) in [6, 6.07) is 12.6. The Bertz CT molecular complexity index is 914. The highest BCUT2D eigenvalue weighted by Gasteiger charge is 2.09. The summed E-state index contributed by atoms with van der Waals surface area (Å²) >= 11 is 1.58.